The number of hydrogen-bond acceptors (Lipinski definition) is 1. The number of hydrogen-bond donors (Lipinski definition) is 1. The van der Waals surface area contributed by atoms with Crippen LogP contribution in [0.25, 0.3) is 10.8 Å². The first-order chi connectivity index (χ1) is 8.36. The van der Waals surface area contributed by atoms with Crippen LogP contribution in [0.5, 0.6) is 0 Å². The highest BCUT2D eigenvalue weighted by Crippen LogP contribution is 2.34. The Morgan fingerprint density at radius 1 is 1.12 bits per heavy atom. The lowest BCUT2D eigenvalue weighted by molar-refractivity contribution is 0.500. The molecule has 1 N–H and O–H groups in total. The molecule has 1 saturated carbocycles. The maximum atomic E-state index is 3.46. The zero-order valence-corrected chi connectivity index (χ0v) is 10.3. The summed E-state index contributed by atoms with van der Waals surface area (Å²) in [6, 6.07) is 16.1. The van der Waals surface area contributed by atoms with Gasteiger partial charge in [-0.15, -0.1) is 0 Å². The second-order valence-electron chi connectivity index (χ2n) is 5.12. The zero-order valence-electron chi connectivity index (χ0n) is 10.3. The molecule has 1 aliphatic carbocycles. The third-order valence-corrected chi connectivity index (χ3v) is 3.83. The Morgan fingerprint density at radius 3 is 2.59 bits per heavy atom. The van der Waals surface area contributed by atoms with Crippen LogP contribution in [0.3, 0.4) is 0 Å². The van der Waals surface area contributed by atoms with E-state index >= 15 is 0 Å². The average Bonchev–Trinajstić information content (AvgIpc) is 3.20. The fourth-order valence-electron chi connectivity index (χ4n) is 2.62. The minimum atomic E-state index is 0.663. The lowest BCUT2D eigenvalue weighted by atomic mass is 9.99. The fraction of sp³-hybridized carbons (Fsp3) is 0.375. The molecule has 17 heavy (non-hydrogen) atoms. The average molecular weight is 225 g/mol. The highest BCUT2D eigenvalue weighted by molar-refractivity contribution is 5.82. The van der Waals surface area contributed by atoms with Gasteiger partial charge >= 0.3 is 0 Å². The van der Waals surface area contributed by atoms with Crippen LogP contribution in [-0.2, 0) is 6.42 Å². The van der Waals surface area contributed by atoms with E-state index in [1.807, 2.05) is 0 Å². The summed E-state index contributed by atoms with van der Waals surface area (Å²) in [5, 5.41) is 6.15. The summed E-state index contributed by atoms with van der Waals surface area (Å²) in [4.78, 5) is 0. The van der Waals surface area contributed by atoms with Crippen LogP contribution in [0.15, 0.2) is 42.5 Å². The Hall–Kier alpha value is -1.34. The van der Waals surface area contributed by atoms with Crippen molar-refractivity contribution in [2.75, 3.05) is 7.05 Å². The van der Waals surface area contributed by atoms with Crippen LogP contribution >= 0.6 is 0 Å². The van der Waals surface area contributed by atoms with E-state index in [1.54, 1.807) is 0 Å². The molecule has 1 heteroatoms. The fourth-order valence-corrected chi connectivity index (χ4v) is 2.62. The van der Waals surface area contributed by atoms with Crippen molar-refractivity contribution in [2.24, 2.45) is 5.92 Å². The largest absolute Gasteiger partial charge is 0.316 e. The Morgan fingerprint density at radius 2 is 1.88 bits per heavy atom. The summed E-state index contributed by atoms with van der Waals surface area (Å²) in [6.45, 7) is 0. The first-order valence-electron chi connectivity index (χ1n) is 6.52. The summed E-state index contributed by atoms with van der Waals surface area (Å²) in [5.41, 5.74) is 1.45. The van der Waals surface area contributed by atoms with E-state index in [4.69, 9.17) is 0 Å². The second-order valence-corrected chi connectivity index (χ2v) is 5.12. The Kier molecular flexibility index (Phi) is 2.86. The number of nitrogens with one attached hydrogen (secondary N) is 1. The van der Waals surface area contributed by atoms with E-state index in [0.717, 1.165) is 12.3 Å². The van der Waals surface area contributed by atoms with Gasteiger partial charge in [0.25, 0.3) is 0 Å². The molecule has 0 aliphatic heterocycles. The molecule has 0 radical (unpaired) electrons. The van der Waals surface area contributed by atoms with E-state index in [9.17, 15) is 0 Å². The third kappa shape index (κ3) is 2.34. The molecule has 0 heterocycles. The van der Waals surface area contributed by atoms with Gasteiger partial charge in [0.2, 0.25) is 0 Å². The SMILES string of the molecule is CNC(Cc1ccc2ccccc2c1)C1CC1. The second kappa shape index (κ2) is 4.50. The quantitative estimate of drug-likeness (QED) is 0.841. The first-order valence-corrected chi connectivity index (χ1v) is 6.52. The Labute approximate surface area is 103 Å². The van der Waals surface area contributed by atoms with E-state index in [-0.39, 0.29) is 0 Å². The van der Waals surface area contributed by atoms with Gasteiger partial charge in [-0.2, -0.15) is 0 Å². The van der Waals surface area contributed by atoms with Crippen molar-refractivity contribution in [3.8, 4) is 0 Å². The van der Waals surface area contributed by atoms with Gasteiger partial charge < -0.3 is 5.32 Å². The molecule has 1 fully saturated rings. The van der Waals surface area contributed by atoms with Crippen molar-refractivity contribution in [2.45, 2.75) is 25.3 Å². The smallest absolute Gasteiger partial charge is 0.0133 e. The Bertz CT molecular complexity index is 514. The molecule has 0 amide bonds. The number of rotatable bonds is 4. The van der Waals surface area contributed by atoms with Crippen molar-refractivity contribution < 1.29 is 0 Å². The molecule has 1 atom stereocenters. The third-order valence-electron chi connectivity index (χ3n) is 3.83. The van der Waals surface area contributed by atoms with E-state index in [2.05, 4.69) is 54.8 Å². The predicted molar refractivity (Wildman–Crippen MR) is 73.2 cm³/mol. The molecule has 3 rings (SSSR count). The molecule has 0 bridgehead atoms. The van der Waals surface area contributed by atoms with Crippen LogP contribution in [0.1, 0.15) is 18.4 Å². The molecular formula is C16H19N. The number of benzene rings is 2. The summed E-state index contributed by atoms with van der Waals surface area (Å²) in [6.07, 6.45) is 3.96. The van der Waals surface area contributed by atoms with Crippen LogP contribution in [-0.4, -0.2) is 13.1 Å². The Balaban J connectivity index is 1.84. The summed E-state index contributed by atoms with van der Waals surface area (Å²) >= 11 is 0. The summed E-state index contributed by atoms with van der Waals surface area (Å²) in [7, 11) is 2.09. The van der Waals surface area contributed by atoms with E-state index in [1.165, 1.54) is 29.2 Å². The molecule has 0 saturated heterocycles. The van der Waals surface area contributed by atoms with Crippen molar-refractivity contribution in [3.05, 3.63) is 48.0 Å². The van der Waals surface area contributed by atoms with Gasteiger partial charge in [0.1, 0.15) is 0 Å². The lowest BCUT2D eigenvalue weighted by Crippen LogP contribution is -2.29. The lowest BCUT2D eigenvalue weighted by Gasteiger charge is -2.15. The molecule has 0 spiro atoms. The van der Waals surface area contributed by atoms with Crippen molar-refractivity contribution in [1.82, 2.24) is 5.32 Å². The molecular weight excluding hydrogens is 206 g/mol. The molecule has 1 aliphatic rings. The minimum absolute atomic E-state index is 0.663. The minimum Gasteiger partial charge on any atom is -0.316 e. The first kappa shape index (κ1) is 10.8. The van der Waals surface area contributed by atoms with Crippen LogP contribution < -0.4 is 5.32 Å². The number of likely N-dealkylation sites (N-methyl/N-ethyl adjacent to an activating group) is 1. The molecule has 88 valence electrons. The monoisotopic (exact) mass is 225 g/mol. The van der Waals surface area contributed by atoms with Crippen molar-refractivity contribution >= 4 is 10.8 Å². The predicted octanol–water partition coefficient (Wildman–Crippen LogP) is 3.38. The van der Waals surface area contributed by atoms with Crippen molar-refractivity contribution in [3.63, 3.8) is 0 Å². The van der Waals surface area contributed by atoms with Crippen molar-refractivity contribution in [1.29, 1.82) is 0 Å². The highest BCUT2D eigenvalue weighted by Gasteiger charge is 2.29. The van der Waals surface area contributed by atoms with Gasteiger partial charge in [0.15, 0.2) is 0 Å². The van der Waals surface area contributed by atoms with Crippen LogP contribution in [0, 0.1) is 5.92 Å². The highest BCUT2D eigenvalue weighted by atomic mass is 14.9. The van der Waals surface area contributed by atoms with E-state index in [0.29, 0.717) is 6.04 Å². The normalized spacial score (nSPS) is 17.2. The van der Waals surface area contributed by atoms with Gasteiger partial charge in [-0.3, -0.25) is 0 Å². The van der Waals surface area contributed by atoms with Crippen LogP contribution in [0.4, 0.5) is 0 Å². The van der Waals surface area contributed by atoms with Gasteiger partial charge in [0.05, 0.1) is 0 Å². The molecule has 1 nitrogen and oxygen atoms in total. The van der Waals surface area contributed by atoms with Gasteiger partial charge in [-0.25, -0.2) is 0 Å². The van der Waals surface area contributed by atoms with Gasteiger partial charge in [-0.1, -0.05) is 42.5 Å². The molecule has 0 aromatic heterocycles. The topological polar surface area (TPSA) is 12.0 Å². The summed E-state index contributed by atoms with van der Waals surface area (Å²) < 4.78 is 0. The zero-order chi connectivity index (χ0) is 11.7. The molecule has 1 unspecified atom stereocenters. The van der Waals surface area contributed by atoms with Gasteiger partial charge in [-0.05, 0) is 48.6 Å². The maximum absolute atomic E-state index is 3.46. The van der Waals surface area contributed by atoms with E-state index < -0.39 is 0 Å². The van der Waals surface area contributed by atoms with Gasteiger partial charge in [0, 0.05) is 6.04 Å². The molecule has 2 aromatic rings. The molecule has 2 aromatic carbocycles. The standard InChI is InChI=1S/C16H19N/c1-17-16(14-8-9-14)11-12-6-7-13-4-2-3-5-15(13)10-12/h2-7,10,14,16-17H,8-9,11H2,1H3. The maximum Gasteiger partial charge on any atom is 0.0133 e. The summed E-state index contributed by atoms with van der Waals surface area (Å²) in [5.74, 6) is 0.909. The number of fused-ring (bicyclic) bond motifs is 1. The van der Waals surface area contributed by atoms with Crippen LogP contribution in [0.2, 0.25) is 0 Å².